The van der Waals surface area contributed by atoms with E-state index in [0.29, 0.717) is 0 Å². The van der Waals surface area contributed by atoms with Crippen LogP contribution < -0.4 is 0 Å². The van der Waals surface area contributed by atoms with Crippen LogP contribution in [0, 0.1) is 0 Å². The molecule has 4 nitrogen and oxygen atoms in total. The zero-order valence-corrected chi connectivity index (χ0v) is 7.93. The number of oxazole rings is 1. The van der Waals surface area contributed by atoms with Crippen LogP contribution in [0.1, 0.15) is 18.4 Å². The van der Waals surface area contributed by atoms with Gasteiger partial charge in [0.05, 0.1) is 5.54 Å². The fraction of sp³-hybridized carbons (Fsp3) is 0.273. The normalized spacial score (nSPS) is 17.3. The van der Waals surface area contributed by atoms with Gasteiger partial charge < -0.3 is 4.42 Å². The lowest BCUT2D eigenvalue weighted by molar-refractivity contribution is 0.556. The Morgan fingerprint density at radius 2 is 2.33 bits per heavy atom. The SMILES string of the molecule is O=C=NC1(c2ccc3ncoc3c2)CC1. The zero-order chi connectivity index (χ0) is 10.3. The lowest BCUT2D eigenvalue weighted by Gasteiger charge is -2.06. The summed E-state index contributed by atoms with van der Waals surface area (Å²) in [5.41, 5.74) is 2.24. The van der Waals surface area contributed by atoms with E-state index in [0.717, 1.165) is 29.5 Å². The summed E-state index contributed by atoms with van der Waals surface area (Å²) >= 11 is 0. The van der Waals surface area contributed by atoms with Crippen LogP contribution in [-0.4, -0.2) is 11.1 Å². The van der Waals surface area contributed by atoms with E-state index in [1.165, 1.54) is 6.39 Å². The van der Waals surface area contributed by atoms with Gasteiger partial charge in [0.1, 0.15) is 5.52 Å². The van der Waals surface area contributed by atoms with Crippen molar-refractivity contribution in [1.82, 2.24) is 4.98 Å². The van der Waals surface area contributed by atoms with Gasteiger partial charge in [-0.15, -0.1) is 0 Å². The molecule has 1 aliphatic carbocycles. The fourth-order valence-electron chi connectivity index (χ4n) is 1.82. The average Bonchev–Trinajstić information content (AvgIpc) is 2.89. The third-order valence-electron chi connectivity index (χ3n) is 2.85. The molecule has 0 aliphatic heterocycles. The third kappa shape index (κ3) is 1.19. The molecule has 1 saturated carbocycles. The number of aromatic nitrogens is 1. The molecule has 74 valence electrons. The minimum Gasteiger partial charge on any atom is -0.443 e. The first-order valence-corrected chi connectivity index (χ1v) is 4.77. The Morgan fingerprint density at radius 1 is 1.47 bits per heavy atom. The summed E-state index contributed by atoms with van der Waals surface area (Å²) < 4.78 is 5.21. The van der Waals surface area contributed by atoms with E-state index in [1.54, 1.807) is 6.08 Å². The van der Waals surface area contributed by atoms with E-state index in [9.17, 15) is 4.79 Å². The second-order valence-electron chi connectivity index (χ2n) is 3.77. The Morgan fingerprint density at radius 3 is 3.07 bits per heavy atom. The van der Waals surface area contributed by atoms with Gasteiger partial charge in [0.15, 0.2) is 12.0 Å². The summed E-state index contributed by atoms with van der Waals surface area (Å²) in [5, 5.41) is 0. The molecule has 3 rings (SSSR count). The maximum absolute atomic E-state index is 10.3. The first kappa shape index (κ1) is 8.38. The highest BCUT2D eigenvalue weighted by Gasteiger charge is 2.45. The van der Waals surface area contributed by atoms with Crippen LogP contribution in [0.3, 0.4) is 0 Å². The summed E-state index contributed by atoms with van der Waals surface area (Å²) in [5.74, 6) is 0. The molecule has 0 radical (unpaired) electrons. The number of nitrogens with zero attached hydrogens (tertiary/aromatic N) is 2. The smallest absolute Gasteiger partial charge is 0.235 e. The predicted octanol–water partition coefficient (Wildman–Crippen LogP) is 2.15. The second kappa shape index (κ2) is 2.78. The number of fused-ring (bicyclic) bond motifs is 1. The minimum atomic E-state index is -0.331. The average molecular weight is 200 g/mol. The Bertz CT molecular complexity index is 563. The van der Waals surface area contributed by atoms with Gasteiger partial charge in [-0.1, -0.05) is 6.07 Å². The number of carbonyl (C=O) groups excluding carboxylic acids is 1. The summed E-state index contributed by atoms with van der Waals surface area (Å²) in [6, 6.07) is 5.73. The predicted molar refractivity (Wildman–Crippen MR) is 53.0 cm³/mol. The van der Waals surface area contributed by atoms with Gasteiger partial charge in [0.25, 0.3) is 0 Å². The largest absolute Gasteiger partial charge is 0.443 e. The van der Waals surface area contributed by atoms with Crippen LogP contribution in [0.5, 0.6) is 0 Å². The van der Waals surface area contributed by atoms with Crippen LogP contribution in [0.25, 0.3) is 11.1 Å². The summed E-state index contributed by atoms with van der Waals surface area (Å²) in [6.45, 7) is 0. The van der Waals surface area contributed by atoms with Crippen molar-refractivity contribution in [2.45, 2.75) is 18.4 Å². The van der Waals surface area contributed by atoms with Crippen LogP contribution in [0.4, 0.5) is 0 Å². The Labute approximate surface area is 85.6 Å². The summed E-state index contributed by atoms with van der Waals surface area (Å²) in [7, 11) is 0. The molecule has 0 amide bonds. The Hall–Kier alpha value is -1.93. The van der Waals surface area contributed by atoms with Gasteiger partial charge in [-0.2, -0.15) is 4.99 Å². The maximum Gasteiger partial charge on any atom is 0.235 e. The molecule has 0 bridgehead atoms. The first-order valence-electron chi connectivity index (χ1n) is 4.77. The van der Waals surface area contributed by atoms with Crippen molar-refractivity contribution in [1.29, 1.82) is 0 Å². The molecular weight excluding hydrogens is 192 g/mol. The standard InChI is InChI=1S/C11H8N2O2/c14-6-13-11(3-4-11)8-1-2-9-10(5-8)15-7-12-9/h1-2,5,7H,3-4H2. The highest BCUT2D eigenvalue weighted by molar-refractivity contribution is 5.73. The van der Waals surface area contributed by atoms with Crippen LogP contribution in [0.15, 0.2) is 34.0 Å². The molecule has 0 unspecified atom stereocenters. The van der Waals surface area contributed by atoms with Crippen molar-refractivity contribution in [2.75, 3.05) is 0 Å². The van der Waals surface area contributed by atoms with Crippen molar-refractivity contribution < 1.29 is 9.21 Å². The summed E-state index contributed by atoms with van der Waals surface area (Å²) in [4.78, 5) is 18.2. The zero-order valence-electron chi connectivity index (χ0n) is 7.93. The van der Waals surface area contributed by atoms with Gasteiger partial charge in [-0.25, -0.2) is 9.78 Å². The number of isocyanates is 1. The van der Waals surface area contributed by atoms with E-state index in [-0.39, 0.29) is 5.54 Å². The van der Waals surface area contributed by atoms with Gasteiger partial charge in [-0.05, 0) is 30.5 Å². The third-order valence-corrected chi connectivity index (χ3v) is 2.85. The molecule has 0 spiro atoms. The van der Waals surface area contributed by atoms with Crippen LogP contribution in [-0.2, 0) is 10.3 Å². The van der Waals surface area contributed by atoms with Crippen molar-refractivity contribution >= 4 is 17.2 Å². The highest BCUT2D eigenvalue weighted by Crippen LogP contribution is 2.49. The highest BCUT2D eigenvalue weighted by atomic mass is 16.3. The van der Waals surface area contributed by atoms with Crippen LogP contribution in [0.2, 0.25) is 0 Å². The van der Waals surface area contributed by atoms with E-state index < -0.39 is 0 Å². The van der Waals surface area contributed by atoms with Crippen molar-refractivity contribution in [3.63, 3.8) is 0 Å². The van der Waals surface area contributed by atoms with Gasteiger partial charge in [0.2, 0.25) is 6.08 Å². The molecule has 1 fully saturated rings. The van der Waals surface area contributed by atoms with E-state index in [4.69, 9.17) is 4.42 Å². The van der Waals surface area contributed by atoms with Gasteiger partial charge in [0, 0.05) is 0 Å². The van der Waals surface area contributed by atoms with Gasteiger partial charge >= 0.3 is 0 Å². The molecule has 1 aliphatic rings. The molecule has 0 atom stereocenters. The molecule has 1 heterocycles. The lowest BCUT2D eigenvalue weighted by Crippen LogP contribution is -2.01. The second-order valence-corrected chi connectivity index (χ2v) is 3.77. The fourth-order valence-corrected chi connectivity index (χ4v) is 1.82. The molecule has 15 heavy (non-hydrogen) atoms. The minimum absolute atomic E-state index is 0.331. The topological polar surface area (TPSA) is 55.5 Å². The number of rotatable bonds is 2. The van der Waals surface area contributed by atoms with Crippen molar-refractivity contribution in [2.24, 2.45) is 4.99 Å². The molecule has 0 N–H and O–H groups in total. The van der Waals surface area contributed by atoms with Gasteiger partial charge in [-0.3, -0.25) is 0 Å². The molecule has 1 aromatic heterocycles. The van der Waals surface area contributed by atoms with Crippen LogP contribution >= 0.6 is 0 Å². The van der Waals surface area contributed by atoms with E-state index in [2.05, 4.69) is 9.98 Å². The Kier molecular flexibility index (Phi) is 1.55. The van der Waals surface area contributed by atoms with E-state index >= 15 is 0 Å². The van der Waals surface area contributed by atoms with E-state index in [1.807, 2.05) is 18.2 Å². The molecule has 1 aromatic carbocycles. The Balaban J connectivity index is 2.15. The monoisotopic (exact) mass is 200 g/mol. The molecular formula is C11H8N2O2. The number of hydrogen-bond acceptors (Lipinski definition) is 4. The number of hydrogen-bond donors (Lipinski definition) is 0. The quantitative estimate of drug-likeness (QED) is 0.551. The van der Waals surface area contributed by atoms with Crippen molar-refractivity contribution in [3.05, 3.63) is 30.2 Å². The lowest BCUT2D eigenvalue weighted by atomic mass is 10.1. The first-order chi connectivity index (χ1) is 7.34. The molecule has 4 heteroatoms. The number of aliphatic imine (C=N–C) groups is 1. The number of benzene rings is 1. The maximum atomic E-state index is 10.3. The molecule has 0 saturated heterocycles. The molecule has 2 aromatic rings. The summed E-state index contributed by atoms with van der Waals surface area (Å²) in [6.07, 6.45) is 4.86. The van der Waals surface area contributed by atoms with Crippen molar-refractivity contribution in [3.8, 4) is 0 Å².